The highest BCUT2D eigenvalue weighted by molar-refractivity contribution is 5.81. The molecule has 2 atom stereocenters. The second kappa shape index (κ2) is 5.12. The van der Waals surface area contributed by atoms with Gasteiger partial charge in [0.2, 0.25) is 0 Å². The number of benzene rings is 1. The molecule has 0 spiro atoms. The van der Waals surface area contributed by atoms with Crippen molar-refractivity contribution in [1.29, 1.82) is 0 Å². The van der Waals surface area contributed by atoms with E-state index in [-0.39, 0.29) is 12.1 Å². The minimum atomic E-state index is -0.234. The van der Waals surface area contributed by atoms with Crippen LogP contribution in [0.25, 0.3) is 11.0 Å². The third kappa shape index (κ3) is 2.28. The van der Waals surface area contributed by atoms with E-state index in [2.05, 4.69) is 13.8 Å². The average molecular weight is 247 g/mol. The van der Waals surface area contributed by atoms with Gasteiger partial charge in [-0.05, 0) is 24.5 Å². The first-order valence-corrected chi connectivity index (χ1v) is 6.32. The second-order valence-electron chi connectivity index (χ2n) is 5.11. The summed E-state index contributed by atoms with van der Waals surface area (Å²) >= 11 is 0. The number of para-hydroxylation sites is 1. The Kier molecular flexibility index (Phi) is 3.73. The lowest BCUT2D eigenvalue weighted by molar-refractivity contribution is 0.0385. The van der Waals surface area contributed by atoms with Crippen molar-refractivity contribution in [2.75, 3.05) is 7.11 Å². The number of fused-ring (bicyclic) bond motifs is 1. The molecule has 3 nitrogen and oxygen atoms in total. The van der Waals surface area contributed by atoms with Crippen LogP contribution < -0.4 is 5.73 Å². The van der Waals surface area contributed by atoms with Gasteiger partial charge in [0.25, 0.3) is 0 Å². The van der Waals surface area contributed by atoms with Crippen molar-refractivity contribution in [1.82, 2.24) is 0 Å². The Bertz CT molecular complexity index is 530. The number of aryl methyl sites for hydroxylation is 1. The number of ether oxygens (including phenoxy) is 1. The Labute approximate surface area is 108 Å². The molecule has 0 radical (unpaired) electrons. The fourth-order valence-electron chi connectivity index (χ4n) is 2.39. The largest absolute Gasteiger partial charge is 0.459 e. The van der Waals surface area contributed by atoms with Crippen LogP contribution in [-0.2, 0) is 4.74 Å². The topological polar surface area (TPSA) is 48.4 Å². The van der Waals surface area contributed by atoms with Crippen molar-refractivity contribution in [3.63, 3.8) is 0 Å². The molecule has 2 aromatic rings. The summed E-state index contributed by atoms with van der Waals surface area (Å²) in [6, 6.07) is 7.89. The number of rotatable bonds is 4. The van der Waals surface area contributed by atoms with Gasteiger partial charge in [-0.3, -0.25) is 0 Å². The number of hydrogen-bond acceptors (Lipinski definition) is 3. The summed E-state index contributed by atoms with van der Waals surface area (Å²) in [4.78, 5) is 0. The van der Waals surface area contributed by atoms with E-state index in [4.69, 9.17) is 14.9 Å². The molecule has 0 fully saturated rings. The van der Waals surface area contributed by atoms with Crippen LogP contribution in [0, 0.1) is 12.8 Å². The molecule has 2 N–H and O–H groups in total. The highest BCUT2D eigenvalue weighted by Crippen LogP contribution is 2.29. The Hall–Kier alpha value is -1.32. The molecular formula is C15H21NO2. The molecule has 18 heavy (non-hydrogen) atoms. The fraction of sp³-hybridized carbons (Fsp3) is 0.467. The summed E-state index contributed by atoms with van der Waals surface area (Å²) in [5.41, 5.74) is 8.29. The Morgan fingerprint density at radius 3 is 2.56 bits per heavy atom. The molecule has 0 aliphatic carbocycles. The van der Waals surface area contributed by atoms with Gasteiger partial charge in [-0.1, -0.05) is 32.0 Å². The standard InChI is InChI=1S/C15H21NO2/c1-9(2)14(17-4)13(16)12-8-11-7-5-6-10(3)15(11)18-12/h5-9,13-14H,16H2,1-4H3. The smallest absolute Gasteiger partial charge is 0.137 e. The lowest BCUT2D eigenvalue weighted by Gasteiger charge is -2.24. The van der Waals surface area contributed by atoms with Gasteiger partial charge >= 0.3 is 0 Å². The van der Waals surface area contributed by atoms with Crippen molar-refractivity contribution in [2.24, 2.45) is 11.7 Å². The van der Waals surface area contributed by atoms with E-state index in [1.807, 2.05) is 31.2 Å². The Morgan fingerprint density at radius 1 is 1.28 bits per heavy atom. The van der Waals surface area contributed by atoms with Crippen molar-refractivity contribution in [3.8, 4) is 0 Å². The number of furan rings is 1. The highest BCUT2D eigenvalue weighted by atomic mass is 16.5. The van der Waals surface area contributed by atoms with Crippen LogP contribution >= 0.6 is 0 Å². The Balaban J connectivity index is 2.39. The summed E-state index contributed by atoms with van der Waals surface area (Å²) in [5, 5.41) is 1.10. The van der Waals surface area contributed by atoms with E-state index in [9.17, 15) is 0 Å². The molecule has 0 saturated heterocycles. The maximum atomic E-state index is 6.25. The third-order valence-electron chi connectivity index (χ3n) is 3.37. The van der Waals surface area contributed by atoms with Gasteiger partial charge in [0.05, 0.1) is 12.1 Å². The van der Waals surface area contributed by atoms with Crippen molar-refractivity contribution >= 4 is 11.0 Å². The number of nitrogens with two attached hydrogens (primary N) is 1. The van der Waals surface area contributed by atoms with Gasteiger partial charge in [-0.2, -0.15) is 0 Å². The molecule has 1 aromatic carbocycles. The molecule has 0 aliphatic heterocycles. The lowest BCUT2D eigenvalue weighted by atomic mass is 9.98. The molecule has 0 amide bonds. The SMILES string of the molecule is COC(C(C)C)C(N)c1cc2cccc(C)c2o1. The first kappa shape index (κ1) is 13.1. The van der Waals surface area contributed by atoms with Gasteiger partial charge in [-0.25, -0.2) is 0 Å². The summed E-state index contributed by atoms with van der Waals surface area (Å²) in [7, 11) is 1.69. The zero-order valence-electron chi connectivity index (χ0n) is 11.4. The number of methoxy groups -OCH3 is 1. The first-order chi connectivity index (χ1) is 8.54. The van der Waals surface area contributed by atoms with Crippen molar-refractivity contribution < 1.29 is 9.15 Å². The van der Waals surface area contributed by atoms with E-state index in [1.54, 1.807) is 7.11 Å². The van der Waals surface area contributed by atoms with E-state index < -0.39 is 0 Å². The Morgan fingerprint density at radius 2 is 2.00 bits per heavy atom. The van der Waals surface area contributed by atoms with Crippen LogP contribution in [0.4, 0.5) is 0 Å². The normalized spacial score (nSPS) is 15.2. The summed E-state index contributed by atoms with van der Waals surface area (Å²) < 4.78 is 11.4. The minimum absolute atomic E-state index is 0.0362. The van der Waals surface area contributed by atoms with Crippen LogP contribution in [0.15, 0.2) is 28.7 Å². The minimum Gasteiger partial charge on any atom is -0.459 e. The first-order valence-electron chi connectivity index (χ1n) is 6.32. The van der Waals surface area contributed by atoms with Crippen LogP contribution in [0.5, 0.6) is 0 Å². The zero-order chi connectivity index (χ0) is 13.3. The van der Waals surface area contributed by atoms with Crippen LogP contribution in [0.1, 0.15) is 31.2 Å². The van der Waals surface area contributed by atoms with Crippen LogP contribution in [-0.4, -0.2) is 13.2 Å². The fourth-order valence-corrected chi connectivity index (χ4v) is 2.39. The molecule has 2 unspecified atom stereocenters. The van der Waals surface area contributed by atoms with E-state index in [1.165, 1.54) is 0 Å². The molecule has 0 saturated carbocycles. The maximum absolute atomic E-state index is 6.25. The van der Waals surface area contributed by atoms with E-state index in [0.29, 0.717) is 5.92 Å². The van der Waals surface area contributed by atoms with Crippen molar-refractivity contribution in [2.45, 2.75) is 32.9 Å². The molecule has 1 aromatic heterocycles. The highest BCUT2D eigenvalue weighted by Gasteiger charge is 2.25. The zero-order valence-corrected chi connectivity index (χ0v) is 11.4. The summed E-state index contributed by atoms with van der Waals surface area (Å²) in [6.07, 6.45) is -0.0362. The average Bonchev–Trinajstić information content (AvgIpc) is 2.74. The molecule has 0 bridgehead atoms. The molecule has 0 aliphatic rings. The number of hydrogen-bond donors (Lipinski definition) is 1. The van der Waals surface area contributed by atoms with E-state index >= 15 is 0 Å². The van der Waals surface area contributed by atoms with Gasteiger partial charge < -0.3 is 14.9 Å². The van der Waals surface area contributed by atoms with E-state index in [0.717, 1.165) is 22.3 Å². The van der Waals surface area contributed by atoms with Gasteiger partial charge in [0.15, 0.2) is 0 Å². The van der Waals surface area contributed by atoms with Gasteiger partial charge in [0, 0.05) is 12.5 Å². The lowest BCUT2D eigenvalue weighted by Crippen LogP contribution is -2.32. The molecule has 2 rings (SSSR count). The summed E-state index contributed by atoms with van der Waals surface area (Å²) in [5.74, 6) is 1.14. The predicted octanol–water partition coefficient (Wildman–Crippen LogP) is 3.41. The molecule has 98 valence electrons. The van der Waals surface area contributed by atoms with Crippen LogP contribution in [0.2, 0.25) is 0 Å². The van der Waals surface area contributed by atoms with Gasteiger partial charge in [-0.15, -0.1) is 0 Å². The third-order valence-corrected chi connectivity index (χ3v) is 3.37. The van der Waals surface area contributed by atoms with Crippen molar-refractivity contribution in [3.05, 3.63) is 35.6 Å². The molecular weight excluding hydrogens is 226 g/mol. The monoisotopic (exact) mass is 247 g/mol. The summed E-state index contributed by atoms with van der Waals surface area (Å²) in [6.45, 7) is 6.24. The quantitative estimate of drug-likeness (QED) is 0.900. The van der Waals surface area contributed by atoms with Gasteiger partial charge in [0.1, 0.15) is 11.3 Å². The molecule has 3 heteroatoms. The predicted molar refractivity (Wildman–Crippen MR) is 73.5 cm³/mol. The second-order valence-corrected chi connectivity index (χ2v) is 5.11. The molecule has 1 heterocycles. The maximum Gasteiger partial charge on any atom is 0.137 e. The van der Waals surface area contributed by atoms with Crippen LogP contribution in [0.3, 0.4) is 0 Å².